The van der Waals surface area contributed by atoms with Crippen LogP contribution in [0.4, 0.5) is 4.79 Å². The second-order valence-electron chi connectivity index (χ2n) is 9.58. The number of benzene rings is 1. The first-order chi connectivity index (χ1) is 13.8. The Morgan fingerprint density at radius 2 is 1.70 bits per heavy atom. The quantitative estimate of drug-likeness (QED) is 0.487. The highest BCUT2D eigenvalue weighted by atomic mass is 35.5. The zero-order valence-electron chi connectivity index (χ0n) is 19.6. The summed E-state index contributed by atoms with van der Waals surface area (Å²) in [6, 6.07) is 10.2. The van der Waals surface area contributed by atoms with E-state index in [9.17, 15) is 4.79 Å². The summed E-state index contributed by atoms with van der Waals surface area (Å²) < 4.78 is 6.78. The fraction of sp³-hybridized carbons (Fsp3) is 0.591. The number of urea groups is 1. The Labute approximate surface area is 188 Å². The summed E-state index contributed by atoms with van der Waals surface area (Å²) in [6.07, 6.45) is 1.52. The number of hydrogen-bond acceptors (Lipinski definition) is 4. The Bertz CT molecular complexity index is 751. The molecular formula is C22H37ClN4O2Si. The van der Waals surface area contributed by atoms with Gasteiger partial charge >= 0.3 is 6.03 Å². The zero-order valence-corrected chi connectivity index (χ0v) is 21.4. The molecule has 1 aromatic carbocycles. The predicted octanol–water partition coefficient (Wildman–Crippen LogP) is 4.76. The van der Waals surface area contributed by atoms with E-state index in [0.29, 0.717) is 24.8 Å². The van der Waals surface area contributed by atoms with Crippen molar-refractivity contribution in [1.29, 1.82) is 0 Å². The first kappa shape index (κ1) is 24.7. The molecule has 1 unspecified atom stereocenters. The van der Waals surface area contributed by atoms with E-state index < -0.39 is 8.32 Å². The average molecular weight is 453 g/mol. The number of hydrogen-bond donors (Lipinski definition) is 0. The van der Waals surface area contributed by atoms with Crippen molar-refractivity contribution in [3.8, 4) is 0 Å². The number of amides is 2. The smallest absolute Gasteiger partial charge is 0.323 e. The number of likely N-dealkylation sites (N-methyl/N-ethyl adjacent to an activating group) is 1. The van der Waals surface area contributed by atoms with Gasteiger partial charge in [-0.05, 0) is 23.7 Å². The van der Waals surface area contributed by atoms with E-state index in [0.717, 1.165) is 0 Å². The Morgan fingerprint density at radius 1 is 1.10 bits per heavy atom. The van der Waals surface area contributed by atoms with E-state index in [4.69, 9.17) is 16.0 Å². The van der Waals surface area contributed by atoms with Crippen LogP contribution in [0, 0.1) is 0 Å². The van der Waals surface area contributed by atoms with Crippen LogP contribution in [0.1, 0.15) is 26.3 Å². The second-order valence-corrected chi connectivity index (χ2v) is 14.7. The first-order valence-electron chi connectivity index (χ1n) is 10.4. The zero-order chi connectivity index (χ0) is 22.7. The van der Waals surface area contributed by atoms with Gasteiger partial charge in [0.15, 0.2) is 8.32 Å². The number of hydrazine groups is 1. The predicted molar refractivity (Wildman–Crippen MR) is 126 cm³/mol. The van der Waals surface area contributed by atoms with Crippen LogP contribution in [0.3, 0.4) is 0 Å². The molecule has 2 rings (SSSR count). The Morgan fingerprint density at radius 3 is 2.27 bits per heavy atom. The molecule has 1 aliphatic rings. The molecule has 1 atom stereocenters. The van der Waals surface area contributed by atoms with Crippen LogP contribution in [-0.4, -0.2) is 74.5 Å². The number of carbonyl (C=O) groups excluding carboxylic acids is 1. The van der Waals surface area contributed by atoms with Crippen molar-refractivity contribution in [3.05, 3.63) is 47.3 Å². The van der Waals surface area contributed by atoms with Crippen LogP contribution in [0.15, 0.2) is 41.7 Å². The van der Waals surface area contributed by atoms with Crippen molar-refractivity contribution < 1.29 is 9.22 Å². The molecule has 1 aromatic rings. The van der Waals surface area contributed by atoms with E-state index in [1.54, 1.807) is 18.1 Å². The van der Waals surface area contributed by atoms with E-state index in [-0.39, 0.29) is 17.2 Å². The molecule has 1 heterocycles. The molecule has 0 bridgehead atoms. The fourth-order valence-corrected chi connectivity index (χ4v) is 4.72. The van der Waals surface area contributed by atoms with E-state index >= 15 is 0 Å². The number of nitrogens with zero attached hydrogens (tertiary/aromatic N) is 4. The number of halogens is 1. The van der Waals surface area contributed by atoms with Gasteiger partial charge in [-0.25, -0.2) is 9.80 Å². The fourth-order valence-electron chi connectivity index (χ4n) is 3.13. The van der Waals surface area contributed by atoms with Crippen LogP contribution in [0.2, 0.25) is 18.1 Å². The van der Waals surface area contributed by atoms with E-state index in [1.165, 1.54) is 10.5 Å². The SMILES string of the molecule is CN1/C=C(/Cl)N(C)N(Cc2ccccc2)CC(O[Si](C)(C)C(C)(C)C)CN(C)C1=O. The molecule has 1 aliphatic heterocycles. The van der Waals surface area contributed by atoms with Gasteiger partial charge in [0.25, 0.3) is 0 Å². The third kappa shape index (κ3) is 6.23. The molecule has 30 heavy (non-hydrogen) atoms. The molecule has 0 spiro atoms. The summed E-state index contributed by atoms with van der Waals surface area (Å²) in [5.41, 5.74) is 1.19. The van der Waals surface area contributed by atoms with Crippen molar-refractivity contribution in [2.24, 2.45) is 0 Å². The molecule has 0 radical (unpaired) electrons. The maximum atomic E-state index is 12.8. The van der Waals surface area contributed by atoms with E-state index in [2.05, 4.69) is 51.0 Å². The minimum atomic E-state index is -2.03. The molecule has 0 saturated carbocycles. The molecule has 8 heteroatoms. The van der Waals surface area contributed by atoms with Crippen molar-refractivity contribution in [2.75, 3.05) is 34.2 Å². The van der Waals surface area contributed by atoms with Crippen molar-refractivity contribution >= 4 is 25.9 Å². The number of rotatable bonds is 4. The van der Waals surface area contributed by atoms with Crippen molar-refractivity contribution in [2.45, 2.75) is 51.6 Å². The molecular weight excluding hydrogens is 416 g/mol. The van der Waals surface area contributed by atoms with Crippen LogP contribution < -0.4 is 0 Å². The molecule has 2 amide bonds. The van der Waals surface area contributed by atoms with Crippen molar-refractivity contribution in [3.63, 3.8) is 0 Å². The van der Waals surface area contributed by atoms with Crippen LogP contribution in [0.5, 0.6) is 0 Å². The van der Waals surface area contributed by atoms with Gasteiger partial charge in [-0.1, -0.05) is 62.7 Å². The third-order valence-electron chi connectivity index (χ3n) is 6.03. The average Bonchev–Trinajstić information content (AvgIpc) is 2.64. The summed E-state index contributed by atoms with van der Waals surface area (Å²) in [4.78, 5) is 16.0. The van der Waals surface area contributed by atoms with Gasteiger partial charge in [0.1, 0.15) is 5.16 Å². The summed E-state index contributed by atoms with van der Waals surface area (Å²) >= 11 is 6.59. The van der Waals surface area contributed by atoms with Gasteiger partial charge in [0.05, 0.1) is 6.10 Å². The molecule has 6 nitrogen and oxygen atoms in total. The lowest BCUT2D eigenvalue weighted by molar-refractivity contribution is -0.0157. The standard InChI is InChI=1S/C22H37ClN4O2Si/c1-22(2,3)30(7,8)29-19-15-24(4)21(28)25(5)17-20(23)26(6)27(16-19)14-18-12-10-9-11-13-18/h9-13,17,19H,14-16H2,1-8H3/b20-17-. The molecule has 168 valence electrons. The van der Waals surface area contributed by atoms with Crippen molar-refractivity contribution in [1.82, 2.24) is 19.8 Å². The summed E-state index contributed by atoms with van der Waals surface area (Å²) in [5, 5.41) is 4.65. The highest BCUT2D eigenvalue weighted by Crippen LogP contribution is 2.37. The third-order valence-corrected chi connectivity index (χ3v) is 10.9. The van der Waals surface area contributed by atoms with Gasteiger partial charge < -0.3 is 14.2 Å². The van der Waals surface area contributed by atoms with Gasteiger partial charge in [0, 0.05) is 47.0 Å². The largest absolute Gasteiger partial charge is 0.411 e. The second kappa shape index (κ2) is 9.72. The number of carbonyl (C=O) groups is 1. The highest BCUT2D eigenvalue weighted by molar-refractivity contribution is 6.74. The molecule has 0 fully saturated rings. The maximum absolute atomic E-state index is 12.8. The van der Waals surface area contributed by atoms with Gasteiger partial charge in [-0.3, -0.25) is 5.01 Å². The van der Waals surface area contributed by atoms with Crippen LogP contribution >= 0.6 is 11.6 Å². The van der Waals surface area contributed by atoms with Gasteiger partial charge in [0.2, 0.25) is 0 Å². The normalized spacial score (nSPS) is 22.2. The Hall–Kier alpha value is -1.54. The monoisotopic (exact) mass is 452 g/mol. The van der Waals surface area contributed by atoms with Gasteiger partial charge in [-0.2, -0.15) is 0 Å². The molecule has 0 aliphatic carbocycles. The van der Waals surface area contributed by atoms with Crippen LogP contribution in [-0.2, 0) is 11.0 Å². The van der Waals surface area contributed by atoms with Crippen LogP contribution in [0.25, 0.3) is 0 Å². The van der Waals surface area contributed by atoms with Gasteiger partial charge in [-0.15, -0.1) is 0 Å². The lowest BCUT2D eigenvalue weighted by atomic mass is 10.2. The van der Waals surface area contributed by atoms with E-state index in [1.807, 2.05) is 37.3 Å². The Balaban J connectivity index is 2.40. The summed E-state index contributed by atoms with van der Waals surface area (Å²) in [6.45, 7) is 13.0. The molecule has 0 N–H and O–H groups in total. The molecule has 0 saturated heterocycles. The molecule has 0 aromatic heterocycles. The summed E-state index contributed by atoms with van der Waals surface area (Å²) in [7, 11) is 3.43. The topological polar surface area (TPSA) is 39.3 Å². The highest BCUT2D eigenvalue weighted by Gasteiger charge is 2.40. The minimum absolute atomic E-state index is 0.0788. The first-order valence-corrected chi connectivity index (χ1v) is 13.7. The Kier molecular flexibility index (Phi) is 8.01. The summed E-state index contributed by atoms with van der Waals surface area (Å²) in [5.74, 6) is 0. The lowest BCUT2D eigenvalue weighted by Gasteiger charge is -2.43. The minimum Gasteiger partial charge on any atom is -0.411 e. The lowest BCUT2D eigenvalue weighted by Crippen LogP contribution is -2.54. The maximum Gasteiger partial charge on any atom is 0.323 e.